The van der Waals surface area contributed by atoms with Crippen LogP contribution >= 0.6 is 0 Å². The van der Waals surface area contributed by atoms with Gasteiger partial charge in [0.2, 0.25) is 0 Å². The summed E-state index contributed by atoms with van der Waals surface area (Å²) in [5, 5.41) is 13.0. The number of carbonyl (C=O) groups is 2. The molecule has 1 atom stereocenters. The summed E-state index contributed by atoms with van der Waals surface area (Å²) in [5.41, 5.74) is 0. The van der Waals surface area contributed by atoms with E-state index < -0.39 is 55.3 Å². The summed E-state index contributed by atoms with van der Waals surface area (Å²) in [6, 6.07) is 2.57. The number of benzene rings is 1. The van der Waals surface area contributed by atoms with Crippen molar-refractivity contribution in [2.24, 2.45) is 5.92 Å². The minimum Gasteiger partial charge on any atom is -0.548 e. The van der Waals surface area contributed by atoms with Crippen LogP contribution in [0.2, 0.25) is 0 Å². The van der Waals surface area contributed by atoms with E-state index in [1.165, 1.54) is 0 Å². The summed E-state index contributed by atoms with van der Waals surface area (Å²) in [6.45, 7) is 2.96. The number of sulfone groups is 1. The molecule has 0 aromatic heterocycles. The number of aliphatic carboxylic acids is 1. The molecule has 1 amide bonds. The first-order chi connectivity index (χ1) is 12.3. The van der Waals surface area contributed by atoms with E-state index in [0.717, 1.165) is 24.3 Å². The number of hydrogen-bond acceptors (Lipinski definition) is 8. The minimum atomic E-state index is -4.45. The van der Waals surface area contributed by atoms with Crippen LogP contribution in [0.3, 0.4) is 0 Å². The van der Waals surface area contributed by atoms with Crippen LogP contribution in [0.1, 0.15) is 20.3 Å². The predicted molar refractivity (Wildman–Crippen MR) is 91.0 cm³/mol. The van der Waals surface area contributed by atoms with Gasteiger partial charge in [-0.15, -0.1) is 0 Å². The first kappa shape index (κ1) is 26.8. The number of carboxylic acid groups (broad SMARTS) is 1. The number of amides is 1. The zero-order valence-electron chi connectivity index (χ0n) is 15.6. The van der Waals surface area contributed by atoms with Gasteiger partial charge in [0.25, 0.3) is 10.1 Å². The van der Waals surface area contributed by atoms with E-state index in [2.05, 4.69) is 10.1 Å². The van der Waals surface area contributed by atoms with Crippen LogP contribution in [0.25, 0.3) is 0 Å². The van der Waals surface area contributed by atoms with Gasteiger partial charge in [-0.2, -0.15) is 8.42 Å². The van der Waals surface area contributed by atoms with E-state index in [4.69, 9.17) is 4.55 Å². The van der Waals surface area contributed by atoms with E-state index in [1.54, 1.807) is 13.8 Å². The Kier molecular flexibility index (Phi) is 10.7. The number of rotatable bonds is 9. The first-order valence-electron chi connectivity index (χ1n) is 7.77. The van der Waals surface area contributed by atoms with E-state index >= 15 is 0 Å². The normalized spacial score (nSPS) is 12.7. The number of carbonyl (C=O) groups excluding carboxylic acids is 2. The Morgan fingerprint density at radius 2 is 1.61 bits per heavy atom. The molecule has 0 aliphatic carbocycles. The fourth-order valence-corrected chi connectivity index (χ4v) is 3.62. The second-order valence-electron chi connectivity index (χ2n) is 6.05. The van der Waals surface area contributed by atoms with Gasteiger partial charge in [-0.1, -0.05) is 13.8 Å². The van der Waals surface area contributed by atoms with E-state index in [1.807, 2.05) is 0 Å². The topological polar surface area (TPSA) is 167 Å². The number of ether oxygens (including phenoxy) is 1. The van der Waals surface area contributed by atoms with Crippen LogP contribution in [0, 0.1) is 5.92 Å². The molecule has 0 radical (unpaired) electrons. The predicted octanol–water partition coefficient (Wildman–Crippen LogP) is -3.40. The molecule has 0 bridgehead atoms. The molecule has 0 saturated carbocycles. The Balaban J connectivity index is 0.00000729. The third-order valence-electron chi connectivity index (χ3n) is 3.35. The van der Waals surface area contributed by atoms with Gasteiger partial charge in [0.1, 0.15) is 6.61 Å². The first-order valence-corrected chi connectivity index (χ1v) is 10.9. The van der Waals surface area contributed by atoms with Crippen LogP contribution in [-0.2, 0) is 29.5 Å². The molecule has 1 aromatic rings. The zero-order chi connectivity index (χ0) is 20.8. The van der Waals surface area contributed by atoms with Crippen molar-refractivity contribution in [2.75, 3.05) is 12.4 Å². The molecule has 0 aliphatic rings. The second kappa shape index (κ2) is 11.1. The van der Waals surface area contributed by atoms with Crippen LogP contribution < -0.4 is 40.0 Å². The second-order valence-corrected chi connectivity index (χ2v) is 9.58. The van der Waals surface area contributed by atoms with Gasteiger partial charge >= 0.3 is 35.7 Å². The molecule has 0 heterocycles. The van der Waals surface area contributed by atoms with Gasteiger partial charge in [-0.05, 0) is 36.6 Å². The van der Waals surface area contributed by atoms with E-state index in [-0.39, 0.29) is 46.8 Å². The van der Waals surface area contributed by atoms with Crippen LogP contribution in [0.4, 0.5) is 4.79 Å². The molecule has 2 N–H and O–H groups in total. The third-order valence-corrected chi connectivity index (χ3v) is 5.91. The molecule has 1 rings (SSSR count). The summed E-state index contributed by atoms with van der Waals surface area (Å²) in [5.74, 6) is -2.11. The maximum atomic E-state index is 12.1. The summed E-state index contributed by atoms with van der Waals surface area (Å²) in [4.78, 5) is 21.9. The summed E-state index contributed by atoms with van der Waals surface area (Å²) < 4.78 is 59.7. The largest absolute Gasteiger partial charge is 1.00 e. The van der Waals surface area contributed by atoms with Crippen LogP contribution in [-0.4, -0.2) is 51.9 Å². The standard InChI is InChI=1S/C15H21NO9S2.Na/c1-10(2)9-13(14(17)18)16-15(19)25-7-8-26(20,21)11-3-5-12(6-4-11)27(22,23)24;/h3-6,10,13H,7-9H2,1-2H3,(H,16,19)(H,17,18)(H,22,23,24);/q;+1/p-1/t13-;/m0./s1. The third kappa shape index (κ3) is 8.88. The fourth-order valence-electron chi connectivity index (χ4n) is 2.05. The van der Waals surface area contributed by atoms with Gasteiger partial charge in [-0.25, -0.2) is 13.2 Å². The van der Waals surface area contributed by atoms with E-state index in [9.17, 15) is 31.5 Å². The Morgan fingerprint density at radius 3 is 2.04 bits per heavy atom. The molecular formula is C15H20NNaO9S2. The summed E-state index contributed by atoms with van der Waals surface area (Å²) >= 11 is 0. The average molecular weight is 445 g/mol. The van der Waals surface area contributed by atoms with Crippen molar-refractivity contribution in [2.45, 2.75) is 36.1 Å². The van der Waals surface area contributed by atoms with Gasteiger partial charge in [0, 0.05) is 0 Å². The summed E-state index contributed by atoms with van der Waals surface area (Å²) in [7, 11) is -8.34. The maximum absolute atomic E-state index is 12.1. The number of hydrogen-bond donors (Lipinski definition) is 2. The van der Waals surface area contributed by atoms with Crippen molar-refractivity contribution in [3.8, 4) is 0 Å². The van der Waals surface area contributed by atoms with Crippen LogP contribution in [0.5, 0.6) is 0 Å². The molecular weight excluding hydrogens is 425 g/mol. The van der Waals surface area contributed by atoms with Gasteiger partial charge in [-0.3, -0.25) is 4.55 Å². The molecule has 0 fully saturated rings. The molecule has 0 unspecified atom stereocenters. The molecule has 10 nitrogen and oxygen atoms in total. The Morgan fingerprint density at radius 1 is 1.11 bits per heavy atom. The monoisotopic (exact) mass is 445 g/mol. The minimum absolute atomic E-state index is 0. The zero-order valence-corrected chi connectivity index (χ0v) is 19.2. The molecule has 13 heteroatoms. The summed E-state index contributed by atoms with van der Waals surface area (Å²) in [6.07, 6.45) is -0.975. The average Bonchev–Trinajstić information content (AvgIpc) is 2.52. The number of nitrogens with one attached hydrogen (secondary N) is 1. The quantitative estimate of drug-likeness (QED) is 0.291. The van der Waals surface area contributed by atoms with Crippen molar-refractivity contribution in [1.82, 2.24) is 5.32 Å². The smallest absolute Gasteiger partial charge is 0.548 e. The number of alkyl carbamates (subject to hydrolysis) is 1. The Hall–Kier alpha value is -1.18. The van der Waals surface area contributed by atoms with Crippen molar-refractivity contribution in [3.63, 3.8) is 0 Å². The molecule has 28 heavy (non-hydrogen) atoms. The van der Waals surface area contributed by atoms with Crippen LogP contribution in [0.15, 0.2) is 34.1 Å². The molecule has 152 valence electrons. The van der Waals surface area contributed by atoms with Crippen molar-refractivity contribution in [3.05, 3.63) is 24.3 Å². The molecule has 0 saturated heterocycles. The van der Waals surface area contributed by atoms with Crippen molar-refractivity contribution in [1.29, 1.82) is 0 Å². The van der Waals surface area contributed by atoms with Gasteiger partial charge in [0.05, 0.1) is 27.6 Å². The fraction of sp³-hybridized carbons (Fsp3) is 0.467. The Bertz CT molecular complexity index is 881. The molecule has 0 spiro atoms. The maximum Gasteiger partial charge on any atom is 1.00 e. The van der Waals surface area contributed by atoms with Crippen molar-refractivity contribution < 1.29 is 70.4 Å². The molecule has 0 aliphatic heterocycles. The van der Waals surface area contributed by atoms with Gasteiger partial charge in [0.15, 0.2) is 9.84 Å². The molecule has 1 aromatic carbocycles. The van der Waals surface area contributed by atoms with E-state index in [0.29, 0.717) is 0 Å². The SMILES string of the molecule is CC(C)C[C@H](NC(=O)OCCS(=O)(=O)c1ccc(S(=O)(=O)O)cc1)C(=O)[O-].[Na+]. The van der Waals surface area contributed by atoms with Gasteiger partial charge < -0.3 is 20.0 Å². The Labute approximate surface area is 185 Å². The van der Waals surface area contributed by atoms with Crippen molar-refractivity contribution >= 4 is 32.0 Å². The number of carboxylic acids is 1.